The summed E-state index contributed by atoms with van der Waals surface area (Å²) < 4.78 is 0. The van der Waals surface area contributed by atoms with Gasteiger partial charge in [0.1, 0.15) is 0 Å². The molecule has 0 fully saturated rings. The molecule has 0 saturated heterocycles. The number of hydrogen-bond donors (Lipinski definition) is 1. The molecule has 21 heavy (non-hydrogen) atoms. The van der Waals surface area contributed by atoms with Gasteiger partial charge in [-0.15, -0.1) is 0 Å². The van der Waals surface area contributed by atoms with Crippen LogP contribution >= 0.6 is 0 Å². The van der Waals surface area contributed by atoms with Crippen molar-refractivity contribution in [3.63, 3.8) is 0 Å². The molecule has 2 aromatic carbocycles. The molecule has 0 unspecified atom stereocenters. The van der Waals surface area contributed by atoms with Gasteiger partial charge in [-0.2, -0.15) is 0 Å². The fourth-order valence-electron chi connectivity index (χ4n) is 2.07. The molecule has 1 N–H and O–H groups in total. The fourth-order valence-corrected chi connectivity index (χ4v) is 2.07. The normalized spacial score (nSPS) is 10.1. The third-order valence-electron chi connectivity index (χ3n) is 3.25. The standard InChI is InChI=1S/C18H19NO2/c20-17(15-9-3-1-4-10-15)13-7-8-14-19-18(21)16-11-5-2-6-12-16/h1-6,9-12H,7-8,13-14H2,(H,19,21). The lowest BCUT2D eigenvalue weighted by molar-refractivity contribution is 0.0953. The van der Waals surface area contributed by atoms with Crippen LogP contribution in [0.5, 0.6) is 0 Å². The van der Waals surface area contributed by atoms with Crippen LogP contribution in [0.25, 0.3) is 0 Å². The molecule has 0 aliphatic heterocycles. The maximum Gasteiger partial charge on any atom is 0.251 e. The van der Waals surface area contributed by atoms with Gasteiger partial charge in [-0.1, -0.05) is 48.5 Å². The molecule has 0 aliphatic rings. The summed E-state index contributed by atoms with van der Waals surface area (Å²) in [5.41, 5.74) is 1.42. The molecule has 0 aliphatic carbocycles. The van der Waals surface area contributed by atoms with Crippen molar-refractivity contribution in [3.05, 3.63) is 71.8 Å². The second-order valence-corrected chi connectivity index (χ2v) is 4.87. The van der Waals surface area contributed by atoms with Crippen LogP contribution in [0, 0.1) is 0 Å². The van der Waals surface area contributed by atoms with E-state index < -0.39 is 0 Å². The quantitative estimate of drug-likeness (QED) is 0.624. The van der Waals surface area contributed by atoms with Crippen LogP contribution < -0.4 is 5.32 Å². The summed E-state index contributed by atoms with van der Waals surface area (Å²) in [5, 5.41) is 2.86. The molecule has 0 heterocycles. The minimum absolute atomic E-state index is 0.0648. The zero-order valence-electron chi connectivity index (χ0n) is 11.9. The van der Waals surface area contributed by atoms with Crippen LogP contribution in [-0.2, 0) is 0 Å². The minimum atomic E-state index is -0.0648. The van der Waals surface area contributed by atoms with Gasteiger partial charge in [0.2, 0.25) is 0 Å². The summed E-state index contributed by atoms with van der Waals surface area (Å²) in [6.45, 7) is 0.593. The Kier molecular flexibility index (Phi) is 5.71. The molecule has 108 valence electrons. The van der Waals surface area contributed by atoms with Gasteiger partial charge in [0.05, 0.1) is 0 Å². The van der Waals surface area contributed by atoms with E-state index in [1.165, 1.54) is 0 Å². The number of carbonyl (C=O) groups is 2. The first kappa shape index (κ1) is 15.0. The third-order valence-corrected chi connectivity index (χ3v) is 3.25. The van der Waals surface area contributed by atoms with E-state index in [0.29, 0.717) is 18.5 Å². The molecule has 0 atom stereocenters. The molecule has 3 nitrogen and oxygen atoms in total. The highest BCUT2D eigenvalue weighted by Crippen LogP contribution is 2.06. The largest absolute Gasteiger partial charge is 0.352 e. The zero-order valence-corrected chi connectivity index (χ0v) is 11.9. The third kappa shape index (κ3) is 4.88. The Morgan fingerprint density at radius 2 is 1.33 bits per heavy atom. The lowest BCUT2D eigenvalue weighted by Gasteiger charge is -2.05. The molecular weight excluding hydrogens is 262 g/mol. The number of ketones is 1. The molecule has 0 spiro atoms. The average molecular weight is 281 g/mol. The Labute approximate surface area is 125 Å². The van der Waals surface area contributed by atoms with Crippen LogP contribution in [0.2, 0.25) is 0 Å². The Morgan fingerprint density at radius 3 is 1.95 bits per heavy atom. The highest BCUT2D eigenvalue weighted by atomic mass is 16.1. The van der Waals surface area contributed by atoms with Crippen molar-refractivity contribution in [2.45, 2.75) is 19.3 Å². The predicted octanol–water partition coefficient (Wildman–Crippen LogP) is 3.47. The Hall–Kier alpha value is -2.42. The number of amides is 1. The maximum atomic E-state index is 11.9. The van der Waals surface area contributed by atoms with Gasteiger partial charge in [-0.05, 0) is 25.0 Å². The molecule has 2 rings (SSSR count). The number of nitrogens with one attached hydrogen (secondary N) is 1. The first-order valence-electron chi connectivity index (χ1n) is 7.19. The van der Waals surface area contributed by atoms with Gasteiger partial charge in [0.25, 0.3) is 5.91 Å². The average Bonchev–Trinajstić information content (AvgIpc) is 2.55. The van der Waals surface area contributed by atoms with Crippen molar-refractivity contribution in [1.82, 2.24) is 5.32 Å². The van der Waals surface area contributed by atoms with E-state index >= 15 is 0 Å². The number of unbranched alkanes of at least 4 members (excludes halogenated alkanes) is 1. The molecular formula is C18H19NO2. The first-order chi connectivity index (χ1) is 10.3. The van der Waals surface area contributed by atoms with Crippen molar-refractivity contribution >= 4 is 11.7 Å². The zero-order chi connectivity index (χ0) is 14.9. The van der Waals surface area contributed by atoms with E-state index in [1.54, 1.807) is 12.1 Å². The second-order valence-electron chi connectivity index (χ2n) is 4.87. The number of Topliss-reactive ketones (excluding diaryl/α,β-unsaturated/α-hetero) is 1. The summed E-state index contributed by atoms with van der Waals surface area (Å²) in [4.78, 5) is 23.7. The van der Waals surface area contributed by atoms with Gasteiger partial charge in [-0.3, -0.25) is 9.59 Å². The fraction of sp³-hybridized carbons (Fsp3) is 0.222. The monoisotopic (exact) mass is 281 g/mol. The highest BCUT2D eigenvalue weighted by Gasteiger charge is 2.05. The van der Waals surface area contributed by atoms with Crippen molar-refractivity contribution in [2.75, 3.05) is 6.54 Å². The maximum absolute atomic E-state index is 11.9. The summed E-state index contributed by atoms with van der Waals surface area (Å²) in [7, 11) is 0. The van der Waals surface area contributed by atoms with Gasteiger partial charge in [0, 0.05) is 24.1 Å². The Bertz CT molecular complexity index is 525. The molecule has 3 heteroatoms. The summed E-state index contributed by atoms with van der Waals surface area (Å²) in [5.74, 6) is 0.0926. The predicted molar refractivity (Wildman–Crippen MR) is 83.4 cm³/mol. The van der Waals surface area contributed by atoms with E-state index in [0.717, 1.165) is 18.4 Å². The summed E-state index contributed by atoms with van der Waals surface area (Å²) in [6, 6.07) is 18.4. The lowest BCUT2D eigenvalue weighted by Crippen LogP contribution is -2.24. The number of rotatable bonds is 7. The molecule has 0 aromatic heterocycles. The second kappa shape index (κ2) is 8.00. The van der Waals surface area contributed by atoms with Crippen LogP contribution in [0.1, 0.15) is 40.0 Å². The number of benzene rings is 2. The Balaban J connectivity index is 1.64. The Morgan fingerprint density at radius 1 is 0.762 bits per heavy atom. The molecule has 2 aromatic rings. The van der Waals surface area contributed by atoms with Gasteiger partial charge >= 0.3 is 0 Å². The molecule has 0 saturated carbocycles. The first-order valence-corrected chi connectivity index (χ1v) is 7.19. The van der Waals surface area contributed by atoms with E-state index in [1.807, 2.05) is 48.5 Å². The number of carbonyl (C=O) groups excluding carboxylic acids is 2. The van der Waals surface area contributed by atoms with E-state index in [4.69, 9.17) is 0 Å². The van der Waals surface area contributed by atoms with Crippen molar-refractivity contribution in [3.8, 4) is 0 Å². The lowest BCUT2D eigenvalue weighted by atomic mass is 10.1. The van der Waals surface area contributed by atoms with E-state index in [-0.39, 0.29) is 11.7 Å². The molecule has 0 radical (unpaired) electrons. The topological polar surface area (TPSA) is 46.2 Å². The van der Waals surface area contributed by atoms with Gasteiger partial charge in [0.15, 0.2) is 5.78 Å². The van der Waals surface area contributed by atoms with E-state index in [2.05, 4.69) is 5.32 Å². The van der Waals surface area contributed by atoms with Gasteiger partial charge < -0.3 is 5.32 Å². The van der Waals surface area contributed by atoms with Crippen LogP contribution in [0.4, 0.5) is 0 Å². The number of hydrogen-bond acceptors (Lipinski definition) is 2. The van der Waals surface area contributed by atoms with Crippen LogP contribution in [-0.4, -0.2) is 18.2 Å². The SMILES string of the molecule is O=C(CCCCNC(=O)c1ccccc1)c1ccccc1. The van der Waals surface area contributed by atoms with Crippen LogP contribution in [0.3, 0.4) is 0 Å². The smallest absolute Gasteiger partial charge is 0.251 e. The minimum Gasteiger partial charge on any atom is -0.352 e. The van der Waals surface area contributed by atoms with Crippen LogP contribution in [0.15, 0.2) is 60.7 Å². The highest BCUT2D eigenvalue weighted by molar-refractivity contribution is 5.96. The van der Waals surface area contributed by atoms with Crippen molar-refractivity contribution < 1.29 is 9.59 Å². The summed E-state index contributed by atoms with van der Waals surface area (Å²) >= 11 is 0. The molecule has 1 amide bonds. The van der Waals surface area contributed by atoms with Crippen molar-refractivity contribution in [2.24, 2.45) is 0 Å². The van der Waals surface area contributed by atoms with E-state index in [9.17, 15) is 9.59 Å². The summed E-state index contributed by atoms with van der Waals surface area (Å²) in [6.07, 6.45) is 2.10. The van der Waals surface area contributed by atoms with Crippen molar-refractivity contribution in [1.29, 1.82) is 0 Å². The van der Waals surface area contributed by atoms with Gasteiger partial charge in [-0.25, -0.2) is 0 Å². The molecule has 0 bridgehead atoms.